The van der Waals surface area contributed by atoms with Crippen LogP contribution in [-0.4, -0.2) is 36.9 Å². The maximum atomic E-state index is 14.8. The molecule has 0 saturated carbocycles. The van der Waals surface area contributed by atoms with Crippen molar-refractivity contribution in [3.05, 3.63) is 42.2 Å². The maximum absolute atomic E-state index is 14.8. The molecule has 5 nitrogen and oxygen atoms in total. The number of nitrogens with zero attached hydrogens (tertiary/aromatic N) is 1. The largest absolute Gasteiger partial charge is 0.481 e. The number of hydrogen-bond acceptors (Lipinski definition) is 3. The molecule has 2 aromatic rings. The van der Waals surface area contributed by atoms with Gasteiger partial charge in [-0.1, -0.05) is 37.3 Å². The summed E-state index contributed by atoms with van der Waals surface area (Å²) < 4.78 is 41.6. The molecular formula is C17H18FNO4S. The number of aliphatic carboxylic acids is 1. The van der Waals surface area contributed by atoms with Crippen molar-refractivity contribution in [2.45, 2.75) is 18.2 Å². The fourth-order valence-electron chi connectivity index (χ4n) is 3.23. The minimum atomic E-state index is -4.09. The van der Waals surface area contributed by atoms with Gasteiger partial charge in [-0.3, -0.25) is 4.79 Å². The van der Waals surface area contributed by atoms with E-state index >= 15 is 0 Å². The number of carbonyl (C=O) groups is 1. The average Bonchev–Trinajstić information content (AvgIpc) is 2.54. The van der Waals surface area contributed by atoms with Crippen LogP contribution in [0, 0.1) is 17.7 Å². The van der Waals surface area contributed by atoms with E-state index in [0.717, 1.165) is 4.31 Å². The maximum Gasteiger partial charge on any atom is 0.307 e. The van der Waals surface area contributed by atoms with Gasteiger partial charge in [0.15, 0.2) is 5.82 Å². The fraction of sp³-hybridized carbons (Fsp3) is 0.353. The molecule has 128 valence electrons. The van der Waals surface area contributed by atoms with E-state index in [9.17, 15) is 22.7 Å². The first-order valence-corrected chi connectivity index (χ1v) is 9.15. The highest BCUT2D eigenvalue weighted by Crippen LogP contribution is 2.30. The number of sulfonamides is 1. The molecule has 1 N–H and O–H groups in total. The zero-order valence-corrected chi connectivity index (χ0v) is 14.0. The summed E-state index contributed by atoms with van der Waals surface area (Å²) in [7, 11) is -4.09. The van der Waals surface area contributed by atoms with Crippen molar-refractivity contribution in [3.8, 4) is 0 Å². The lowest BCUT2D eigenvalue weighted by Gasteiger charge is -2.33. The van der Waals surface area contributed by atoms with E-state index in [4.69, 9.17) is 0 Å². The average molecular weight is 351 g/mol. The van der Waals surface area contributed by atoms with Gasteiger partial charge >= 0.3 is 5.97 Å². The summed E-state index contributed by atoms with van der Waals surface area (Å²) in [5.74, 6) is -2.69. The van der Waals surface area contributed by atoms with Gasteiger partial charge < -0.3 is 5.11 Å². The second-order valence-corrected chi connectivity index (χ2v) is 8.20. The van der Waals surface area contributed by atoms with Crippen LogP contribution in [0.25, 0.3) is 10.8 Å². The van der Waals surface area contributed by atoms with Crippen LogP contribution in [0.1, 0.15) is 13.3 Å². The van der Waals surface area contributed by atoms with Gasteiger partial charge in [0.2, 0.25) is 10.0 Å². The van der Waals surface area contributed by atoms with E-state index < -0.39 is 32.6 Å². The van der Waals surface area contributed by atoms with Gasteiger partial charge in [-0.2, -0.15) is 4.31 Å². The predicted octanol–water partition coefficient (Wildman–Crippen LogP) is 2.71. The second-order valence-electron chi connectivity index (χ2n) is 6.30. The number of piperidine rings is 1. The van der Waals surface area contributed by atoms with Gasteiger partial charge in [0.1, 0.15) is 4.90 Å². The third-order valence-electron chi connectivity index (χ3n) is 4.42. The second kappa shape index (κ2) is 6.14. The lowest BCUT2D eigenvalue weighted by atomic mass is 9.92. The molecule has 2 atom stereocenters. The minimum Gasteiger partial charge on any atom is -0.481 e. The Morgan fingerprint density at radius 2 is 1.92 bits per heavy atom. The Morgan fingerprint density at radius 1 is 1.21 bits per heavy atom. The summed E-state index contributed by atoms with van der Waals surface area (Å²) in [5, 5.41) is 10.1. The van der Waals surface area contributed by atoms with Crippen molar-refractivity contribution in [1.29, 1.82) is 0 Å². The van der Waals surface area contributed by atoms with Gasteiger partial charge in [-0.25, -0.2) is 12.8 Å². The highest BCUT2D eigenvalue weighted by molar-refractivity contribution is 7.89. The van der Waals surface area contributed by atoms with Crippen LogP contribution in [0.5, 0.6) is 0 Å². The Hall–Kier alpha value is -1.99. The van der Waals surface area contributed by atoms with E-state index in [-0.39, 0.29) is 24.4 Å². The fourth-order valence-corrected chi connectivity index (χ4v) is 4.91. The topological polar surface area (TPSA) is 74.7 Å². The van der Waals surface area contributed by atoms with Crippen molar-refractivity contribution < 1.29 is 22.7 Å². The SMILES string of the molecule is CC1CC(C(=O)O)CN(S(=O)(=O)c2ccc3ccccc3c2F)C1. The molecule has 1 aliphatic heterocycles. The molecule has 1 fully saturated rings. The zero-order valence-electron chi connectivity index (χ0n) is 13.1. The Bertz CT molecular complexity index is 897. The van der Waals surface area contributed by atoms with Crippen molar-refractivity contribution >= 4 is 26.8 Å². The van der Waals surface area contributed by atoms with Gasteiger partial charge in [0.25, 0.3) is 0 Å². The summed E-state index contributed by atoms with van der Waals surface area (Å²) >= 11 is 0. The highest BCUT2D eigenvalue weighted by atomic mass is 32.2. The molecule has 3 rings (SSSR count). The summed E-state index contributed by atoms with van der Waals surface area (Å²) in [6.07, 6.45) is 0.418. The molecular weight excluding hydrogens is 333 g/mol. The van der Waals surface area contributed by atoms with E-state index in [1.54, 1.807) is 31.2 Å². The van der Waals surface area contributed by atoms with Crippen LogP contribution in [0.3, 0.4) is 0 Å². The van der Waals surface area contributed by atoms with Crippen LogP contribution in [0.15, 0.2) is 41.3 Å². The lowest BCUT2D eigenvalue weighted by molar-refractivity contribution is -0.143. The number of carboxylic acid groups (broad SMARTS) is 1. The van der Waals surface area contributed by atoms with E-state index in [2.05, 4.69) is 0 Å². The molecule has 0 bridgehead atoms. The molecule has 24 heavy (non-hydrogen) atoms. The molecule has 7 heteroatoms. The summed E-state index contributed by atoms with van der Waals surface area (Å²) in [4.78, 5) is 10.9. The number of rotatable bonds is 3. The lowest BCUT2D eigenvalue weighted by Crippen LogP contribution is -2.45. The monoisotopic (exact) mass is 351 g/mol. The third kappa shape index (κ3) is 2.89. The standard InChI is InChI=1S/C17H18FNO4S/c1-11-8-13(17(20)21)10-19(9-11)24(22,23)15-7-6-12-4-2-3-5-14(12)16(15)18/h2-7,11,13H,8-10H2,1H3,(H,20,21). The van der Waals surface area contributed by atoms with E-state index in [0.29, 0.717) is 11.8 Å². The molecule has 0 radical (unpaired) electrons. The zero-order chi connectivity index (χ0) is 17.5. The molecule has 1 saturated heterocycles. The van der Waals surface area contributed by atoms with Crippen LogP contribution in [-0.2, 0) is 14.8 Å². The highest BCUT2D eigenvalue weighted by Gasteiger charge is 2.37. The van der Waals surface area contributed by atoms with Crippen molar-refractivity contribution in [2.24, 2.45) is 11.8 Å². The number of halogens is 1. The van der Waals surface area contributed by atoms with Crippen LogP contribution in [0.2, 0.25) is 0 Å². The van der Waals surface area contributed by atoms with Crippen molar-refractivity contribution in [1.82, 2.24) is 4.31 Å². The Labute approximate surface area is 139 Å². The van der Waals surface area contributed by atoms with Crippen LogP contribution in [0.4, 0.5) is 4.39 Å². The Morgan fingerprint density at radius 3 is 2.62 bits per heavy atom. The van der Waals surface area contributed by atoms with E-state index in [1.807, 2.05) is 0 Å². The Kier molecular flexibility index (Phi) is 4.31. The minimum absolute atomic E-state index is 0.0989. The number of carboxylic acids is 1. The van der Waals surface area contributed by atoms with Crippen molar-refractivity contribution in [2.75, 3.05) is 13.1 Å². The molecule has 0 aromatic heterocycles. The summed E-state index contributed by atoms with van der Waals surface area (Å²) in [6, 6.07) is 9.45. The van der Waals surface area contributed by atoms with Crippen molar-refractivity contribution in [3.63, 3.8) is 0 Å². The first kappa shape index (κ1) is 16.9. The van der Waals surface area contributed by atoms with Gasteiger partial charge in [0.05, 0.1) is 5.92 Å². The van der Waals surface area contributed by atoms with E-state index in [1.165, 1.54) is 12.1 Å². The normalized spacial score (nSPS) is 22.6. The first-order valence-electron chi connectivity index (χ1n) is 7.71. The molecule has 0 spiro atoms. The molecule has 2 aromatic carbocycles. The molecule has 2 unspecified atom stereocenters. The van der Waals surface area contributed by atoms with Gasteiger partial charge in [-0.15, -0.1) is 0 Å². The van der Waals surface area contributed by atoms with Gasteiger partial charge in [-0.05, 0) is 23.8 Å². The van der Waals surface area contributed by atoms with Crippen LogP contribution < -0.4 is 0 Å². The molecule has 0 amide bonds. The van der Waals surface area contributed by atoms with Gasteiger partial charge in [0, 0.05) is 18.5 Å². The molecule has 0 aliphatic carbocycles. The number of benzene rings is 2. The molecule has 1 aliphatic rings. The Balaban J connectivity index is 2.04. The summed E-state index contributed by atoms with van der Waals surface area (Å²) in [6.45, 7) is 1.86. The number of hydrogen-bond donors (Lipinski definition) is 1. The molecule has 1 heterocycles. The summed E-state index contributed by atoms with van der Waals surface area (Å²) in [5.41, 5.74) is 0. The number of fused-ring (bicyclic) bond motifs is 1. The third-order valence-corrected chi connectivity index (χ3v) is 6.27. The predicted molar refractivity (Wildman–Crippen MR) is 87.6 cm³/mol. The first-order chi connectivity index (χ1) is 11.3. The quantitative estimate of drug-likeness (QED) is 0.923. The van der Waals surface area contributed by atoms with Crippen LogP contribution >= 0.6 is 0 Å². The smallest absolute Gasteiger partial charge is 0.307 e.